The zero-order valence-corrected chi connectivity index (χ0v) is 15.4. The number of fused-ring (bicyclic) bond motifs is 1. The van der Waals surface area contributed by atoms with Crippen LogP contribution >= 0.6 is 10.8 Å². The number of hydrogen-bond donors (Lipinski definition) is 3. The summed E-state index contributed by atoms with van der Waals surface area (Å²) in [5.74, 6) is 0.202. The van der Waals surface area contributed by atoms with E-state index in [1.165, 1.54) is 15.2 Å². The van der Waals surface area contributed by atoms with Crippen LogP contribution in [0.15, 0.2) is 30.9 Å². The van der Waals surface area contributed by atoms with Crippen LogP contribution in [0.5, 0.6) is 0 Å². The molecule has 4 heterocycles. The van der Waals surface area contributed by atoms with Crippen molar-refractivity contribution in [1.29, 1.82) is 5.26 Å². The lowest BCUT2D eigenvalue weighted by atomic mass is 9.94. The van der Waals surface area contributed by atoms with Crippen LogP contribution in [-0.4, -0.2) is 58.7 Å². The molecule has 0 radical (unpaired) electrons. The molecular formula is C17H19FN6O2S. The normalized spacial score (nSPS) is 17.6. The predicted octanol–water partition coefficient (Wildman–Crippen LogP) is 2.96. The zero-order chi connectivity index (χ0) is 19.2. The number of hydrogen-bond acceptors (Lipinski definition) is 6. The SMILES string of the molecule is CCS(O)(O)N1CC(CF)(n2cc(-c3c(C#N)cnc4[nH]ccc34)cn2)C1. The molecule has 27 heavy (non-hydrogen) atoms. The minimum absolute atomic E-state index is 0.168. The number of nitrogens with zero attached hydrogens (tertiary/aromatic N) is 5. The molecule has 0 atom stereocenters. The summed E-state index contributed by atoms with van der Waals surface area (Å²) in [6, 6.07) is 3.98. The van der Waals surface area contributed by atoms with Crippen molar-refractivity contribution >= 4 is 21.8 Å². The van der Waals surface area contributed by atoms with Crippen molar-refractivity contribution in [3.8, 4) is 17.2 Å². The van der Waals surface area contributed by atoms with Gasteiger partial charge in [-0.25, -0.2) is 13.7 Å². The summed E-state index contributed by atoms with van der Waals surface area (Å²) in [6.07, 6.45) is 6.55. The molecule has 0 bridgehead atoms. The number of pyridine rings is 1. The third kappa shape index (κ3) is 2.71. The van der Waals surface area contributed by atoms with Crippen LogP contribution in [0.4, 0.5) is 4.39 Å². The Labute approximate surface area is 156 Å². The summed E-state index contributed by atoms with van der Waals surface area (Å²) < 4.78 is 37.0. The van der Waals surface area contributed by atoms with Gasteiger partial charge in [0.1, 0.15) is 23.9 Å². The van der Waals surface area contributed by atoms with Gasteiger partial charge in [-0.15, -0.1) is 10.8 Å². The molecule has 0 spiro atoms. The van der Waals surface area contributed by atoms with Crippen molar-refractivity contribution < 1.29 is 13.5 Å². The molecular weight excluding hydrogens is 371 g/mol. The molecule has 4 rings (SSSR count). The fourth-order valence-corrected chi connectivity index (χ4v) is 4.66. The van der Waals surface area contributed by atoms with Crippen molar-refractivity contribution in [2.75, 3.05) is 25.5 Å². The molecule has 0 unspecified atom stereocenters. The Morgan fingerprint density at radius 3 is 2.85 bits per heavy atom. The quantitative estimate of drug-likeness (QED) is 0.617. The van der Waals surface area contributed by atoms with Gasteiger partial charge < -0.3 is 4.98 Å². The number of halogens is 1. The first-order valence-electron chi connectivity index (χ1n) is 8.43. The van der Waals surface area contributed by atoms with Gasteiger partial charge in [0, 0.05) is 48.2 Å². The summed E-state index contributed by atoms with van der Waals surface area (Å²) in [7, 11) is -2.86. The van der Waals surface area contributed by atoms with Crippen LogP contribution in [0.25, 0.3) is 22.2 Å². The van der Waals surface area contributed by atoms with E-state index in [9.17, 15) is 18.8 Å². The number of nitriles is 1. The maximum atomic E-state index is 13.9. The Balaban J connectivity index is 1.71. The van der Waals surface area contributed by atoms with E-state index in [1.807, 2.05) is 6.07 Å². The van der Waals surface area contributed by atoms with Crippen LogP contribution in [0, 0.1) is 11.3 Å². The number of alkyl halides is 1. The molecule has 3 aromatic rings. The summed E-state index contributed by atoms with van der Waals surface area (Å²) >= 11 is 0. The maximum absolute atomic E-state index is 13.9. The minimum atomic E-state index is -2.86. The molecule has 0 aromatic carbocycles. The van der Waals surface area contributed by atoms with E-state index in [0.717, 1.165) is 5.39 Å². The fourth-order valence-electron chi connectivity index (χ4n) is 3.41. The average Bonchev–Trinajstić information content (AvgIpc) is 3.30. The van der Waals surface area contributed by atoms with Crippen LogP contribution in [-0.2, 0) is 5.54 Å². The monoisotopic (exact) mass is 390 g/mol. The summed E-state index contributed by atoms with van der Waals surface area (Å²) in [5.41, 5.74) is 1.51. The van der Waals surface area contributed by atoms with E-state index >= 15 is 0 Å². The van der Waals surface area contributed by atoms with Gasteiger partial charge in [-0.05, 0) is 13.0 Å². The zero-order valence-electron chi connectivity index (χ0n) is 14.6. The number of rotatable bonds is 5. The highest BCUT2D eigenvalue weighted by molar-refractivity contribution is 8.22. The second-order valence-electron chi connectivity index (χ2n) is 6.65. The molecule has 10 heteroatoms. The Hall–Kier alpha value is -2.45. The molecule has 3 aromatic heterocycles. The van der Waals surface area contributed by atoms with Crippen molar-refractivity contribution in [3.63, 3.8) is 0 Å². The molecule has 3 N–H and O–H groups in total. The van der Waals surface area contributed by atoms with Gasteiger partial charge in [0.15, 0.2) is 0 Å². The number of H-pyrrole nitrogens is 1. The van der Waals surface area contributed by atoms with Crippen molar-refractivity contribution in [1.82, 2.24) is 24.1 Å². The first-order chi connectivity index (χ1) is 12.9. The molecule has 1 fully saturated rings. The smallest absolute Gasteiger partial charge is 0.137 e. The second-order valence-corrected chi connectivity index (χ2v) is 9.01. The van der Waals surface area contributed by atoms with Gasteiger partial charge in [-0.3, -0.25) is 13.8 Å². The highest BCUT2D eigenvalue weighted by Gasteiger charge is 2.50. The predicted molar refractivity (Wildman–Crippen MR) is 101 cm³/mol. The van der Waals surface area contributed by atoms with Crippen LogP contribution in [0.1, 0.15) is 12.5 Å². The van der Waals surface area contributed by atoms with E-state index in [4.69, 9.17) is 0 Å². The first kappa shape index (κ1) is 17.9. The highest BCUT2D eigenvalue weighted by atomic mass is 32.3. The lowest BCUT2D eigenvalue weighted by molar-refractivity contribution is 0.0344. The third-order valence-corrected chi connectivity index (χ3v) is 6.92. The summed E-state index contributed by atoms with van der Waals surface area (Å²) in [6.45, 7) is 1.35. The maximum Gasteiger partial charge on any atom is 0.137 e. The van der Waals surface area contributed by atoms with Gasteiger partial charge in [-0.2, -0.15) is 10.4 Å². The Morgan fingerprint density at radius 1 is 1.41 bits per heavy atom. The lowest BCUT2D eigenvalue weighted by Gasteiger charge is -2.56. The Morgan fingerprint density at radius 2 is 2.19 bits per heavy atom. The topological polar surface area (TPSA) is 114 Å². The van der Waals surface area contributed by atoms with Crippen LogP contribution in [0.3, 0.4) is 0 Å². The van der Waals surface area contributed by atoms with Crippen molar-refractivity contribution in [3.05, 3.63) is 36.4 Å². The molecule has 0 saturated carbocycles. The first-order valence-corrected chi connectivity index (χ1v) is 10.1. The van der Waals surface area contributed by atoms with Crippen LogP contribution in [0.2, 0.25) is 0 Å². The highest BCUT2D eigenvalue weighted by Crippen LogP contribution is 2.50. The third-order valence-electron chi connectivity index (χ3n) is 5.06. The lowest BCUT2D eigenvalue weighted by Crippen LogP contribution is -2.64. The number of aromatic nitrogens is 4. The van der Waals surface area contributed by atoms with Crippen LogP contribution < -0.4 is 0 Å². The van der Waals surface area contributed by atoms with E-state index in [2.05, 4.69) is 21.1 Å². The van der Waals surface area contributed by atoms with Gasteiger partial charge in [-0.1, -0.05) is 0 Å². The molecule has 0 amide bonds. The molecule has 8 nitrogen and oxygen atoms in total. The molecule has 1 aliphatic rings. The molecule has 1 aliphatic heterocycles. The minimum Gasteiger partial charge on any atom is -0.346 e. The van der Waals surface area contributed by atoms with Gasteiger partial charge in [0.25, 0.3) is 0 Å². The van der Waals surface area contributed by atoms with Crippen molar-refractivity contribution in [2.24, 2.45) is 0 Å². The van der Waals surface area contributed by atoms with Gasteiger partial charge >= 0.3 is 0 Å². The molecule has 1 saturated heterocycles. The van der Waals surface area contributed by atoms with E-state index in [0.29, 0.717) is 22.3 Å². The van der Waals surface area contributed by atoms with E-state index in [1.54, 1.807) is 25.5 Å². The van der Waals surface area contributed by atoms with Crippen molar-refractivity contribution in [2.45, 2.75) is 12.5 Å². The van der Waals surface area contributed by atoms with E-state index < -0.39 is 23.0 Å². The molecule has 0 aliphatic carbocycles. The standard InChI is InChI=1S/C17H19FN6O2S/c1-2-27(25,26)23-10-17(9-18,11-23)24-8-13(7-22-24)15-12(5-19)6-21-16-14(15)3-4-20-16/h3-4,6-8,25-26H,2,9-11H2,1H3,(H,20,21). The van der Waals surface area contributed by atoms with Gasteiger partial charge in [0.2, 0.25) is 0 Å². The largest absolute Gasteiger partial charge is 0.346 e. The van der Waals surface area contributed by atoms with Gasteiger partial charge in [0.05, 0.1) is 17.5 Å². The number of aromatic amines is 1. The Bertz CT molecular complexity index is 1030. The Kier molecular flexibility index (Phi) is 4.20. The average molecular weight is 390 g/mol. The second kappa shape index (κ2) is 6.31. The molecule has 142 valence electrons. The summed E-state index contributed by atoms with van der Waals surface area (Å²) in [4.78, 5) is 7.23. The fraction of sp³-hybridized carbons (Fsp3) is 0.353. The number of nitrogens with one attached hydrogen (secondary N) is 1. The van der Waals surface area contributed by atoms with E-state index in [-0.39, 0.29) is 18.8 Å². The summed E-state index contributed by atoms with van der Waals surface area (Å²) in [5, 5.41) is 14.6.